The molecule has 0 aromatic carbocycles. The number of hydrogen-bond donors (Lipinski definition) is 2. The van der Waals surface area contributed by atoms with Crippen LogP contribution in [0.2, 0.25) is 0 Å². The van der Waals surface area contributed by atoms with Crippen molar-refractivity contribution in [3.05, 3.63) is 18.2 Å². The molecule has 1 atom stereocenters. The van der Waals surface area contributed by atoms with Crippen molar-refractivity contribution >= 4 is 5.84 Å². The van der Waals surface area contributed by atoms with Gasteiger partial charge >= 0.3 is 6.18 Å². The molecule has 0 amide bonds. The van der Waals surface area contributed by atoms with Crippen LogP contribution >= 0.6 is 0 Å². The van der Waals surface area contributed by atoms with Crippen LogP contribution in [0, 0.1) is 5.92 Å². The van der Waals surface area contributed by atoms with Gasteiger partial charge < -0.3 is 15.5 Å². The van der Waals surface area contributed by atoms with Gasteiger partial charge in [-0.1, -0.05) is 19.0 Å². The first kappa shape index (κ1) is 14.3. The molecule has 1 aromatic rings. The Morgan fingerprint density at radius 2 is 2.17 bits per heavy atom. The number of oxime groups is 1. The Balaban J connectivity index is 3.01. The quantitative estimate of drug-likeness (QED) is 0.377. The normalized spacial score (nSPS) is 15.1. The second-order valence-electron chi connectivity index (χ2n) is 4.21. The zero-order chi connectivity index (χ0) is 13.9. The van der Waals surface area contributed by atoms with Crippen LogP contribution in [-0.2, 0) is 6.54 Å². The molecule has 1 heterocycles. The number of imidazole rings is 1. The van der Waals surface area contributed by atoms with Crippen molar-refractivity contribution in [2.24, 2.45) is 16.8 Å². The molecule has 18 heavy (non-hydrogen) atoms. The van der Waals surface area contributed by atoms with E-state index in [2.05, 4.69) is 10.1 Å². The molecule has 102 valence electrons. The average Bonchev–Trinajstić information content (AvgIpc) is 2.71. The van der Waals surface area contributed by atoms with E-state index in [-0.39, 0.29) is 5.92 Å². The lowest BCUT2D eigenvalue weighted by Gasteiger charge is -2.21. The largest absolute Gasteiger partial charge is 0.409 e. The van der Waals surface area contributed by atoms with Gasteiger partial charge in [0.1, 0.15) is 11.7 Å². The van der Waals surface area contributed by atoms with Crippen molar-refractivity contribution in [2.75, 3.05) is 0 Å². The molecule has 1 unspecified atom stereocenters. The maximum Gasteiger partial charge on any atom is 0.400 e. The lowest BCUT2D eigenvalue weighted by atomic mass is 10.1. The number of aromatic nitrogens is 2. The van der Waals surface area contributed by atoms with Gasteiger partial charge in [0.2, 0.25) is 0 Å². The highest BCUT2D eigenvalue weighted by molar-refractivity contribution is 5.82. The summed E-state index contributed by atoms with van der Waals surface area (Å²) in [7, 11) is 0. The van der Waals surface area contributed by atoms with Crippen LogP contribution in [0.25, 0.3) is 0 Å². The molecule has 0 aliphatic heterocycles. The number of halogens is 3. The van der Waals surface area contributed by atoms with E-state index >= 15 is 0 Å². The van der Waals surface area contributed by atoms with Gasteiger partial charge in [0.15, 0.2) is 5.84 Å². The number of hydrogen-bond acceptors (Lipinski definition) is 3. The minimum atomic E-state index is -4.57. The standard InChI is InChI=1S/C10H15F3N4O/c1-6(2)9-15-3-4-17(9)5-7(8(14)16-18)10(11,12)13/h3-4,6-7,18H,5H2,1-2H3,(H2,14,16). The average molecular weight is 264 g/mol. The highest BCUT2D eigenvalue weighted by atomic mass is 19.4. The van der Waals surface area contributed by atoms with Crippen molar-refractivity contribution in [2.45, 2.75) is 32.5 Å². The Kier molecular flexibility index (Phi) is 4.20. The van der Waals surface area contributed by atoms with Gasteiger partial charge in [0.05, 0.1) is 0 Å². The van der Waals surface area contributed by atoms with Crippen LogP contribution in [0.1, 0.15) is 25.6 Å². The van der Waals surface area contributed by atoms with E-state index in [0.29, 0.717) is 5.82 Å². The number of alkyl halides is 3. The Morgan fingerprint density at radius 3 is 2.61 bits per heavy atom. The molecule has 0 saturated heterocycles. The van der Waals surface area contributed by atoms with E-state index < -0.39 is 24.5 Å². The third-order valence-corrected chi connectivity index (χ3v) is 2.51. The number of nitrogens with zero attached hydrogens (tertiary/aromatic N) is 3. The second kappa shape index (κ2) is 5.28. The predicted octanol–water partition coefficient (Wildman–Crippen LogP) is 1.93. The van der Waals surface area contributed by atoms with Crippen molar-refractivity contribution in [3.8, 4) is 0 Å². The van der Waals surface area contributed by atoms with E-state index in [1.807, 2.05) is 13.8 Å². The van der Waals surface area contributed by atoms with E-state index in [1.165, 1.54) is 17.0 Å². The van der Waals surface area contributed by atoms with Gasteiger partial charge in [-0.2, -0.15) is 13.2 Å². The van der Waals surface area contributed by atoms with Crippen LogP contribution in [0.3, 0.4) is 0 Å². The molecule has 3 N–H and O–H groups in total. The van der Waals surface area contributed by atoms with Crippen LogP contribution in [0.15, 0.2) is 17.5 Å². The Hall–Kier alpha value is -1.73. The molecule has 0 aliphatic carbocycles. The van der Waals surface area contributed by atoms with Crippen molar-refractivity contribution < 1.29 is 18.4 Å². The van der Waals surface area contributed by atoms with Crippen LogP contribution in [0.4, 0.5) is 13.2 Å². The summed E-state index contributed by atoms with van der Waals surface area (Å²) < 4.78 is 39.7. The van der Waals surface area contributed by atoms with E-state index in [9.17, 15) is 13.2 Å². The summed E-state index contributed by atoms with van der Waals surface area (Å²) >= 11 is 0. The number of rotatable bonds is 4. The maximum absolute atomic E-state index is 12.8. The molecule has 0 spiro atoms. The van der Waals surface area contributed by atoms with E-state index in [1.54, 1.807) is 0 Å². The van der Waals surface area contributed by atoms with Gasteiger partial charge in [-0.05, 0) is 0 Å². The lowest BCUT2D eigenvalue weighted by Crippen LogP contribution is -2.39. The highest BCUT2D eigenvalue weighted by Crippen LogP contribution is 2.28. The Morgan fingerprint density at radius 1 is 1.56 bits per heavy atom. The van der Waals surface area contributed by atoms with Gasteiger partial charge in [0, 0.05) is 24.9 Å². The van der Waals surface area contributed by atoms with Gasteiger partial charge in [-0.3, -0.25) is 0 Å². The third kappa shape index (κ3) is 3.14. The molecule has 0 fully saturated rings. The number of amidine groups is 1. The summed E-state index contributed by atoms with van der Waals surface area (Å²) in [4.78, 5) is 3.99. The maximum atomic E-state index is 12.8. The lowest BCUT2D eigenvalue weighted by molar-refractivity contribution is -0.159. The molecular formula is C10H15F3N4O. The van der Waals surface area contributed by atoms with Gasteiger partial charge in [-0.15, -0.1) is 0 Å². The topological polar surface area (TPSA) is 76.4 Å². The van der Waals surface area contributed by atoms with Crippen LogP contribution in [-0.4, -0.2) is 26.8 Å². The predicted molar refractivity (Wildman–Crippen MR) is 59.3 cm³/mol. The summed E-state index contributed by atoms with van der Waals surface area (Å²) in [6, 6.07) is 0. The minimum Gasteiger partial charge on any atom is -0.409 e. The van der Waals surface area contributed by atoms with Crippen LogP contribution < -0.4 is 5.73 Å². The molecule has 0 aliphatic rings. The summed E-state index contributed by atoms with van der Waals surface area (Å²) in [5, 5.41) is 10.9. The van der Waals surface area contributed by atoms with Gasteiger partial charge in [0.25, 0.3) is 0 Å². The zero-order valence-corrected chi connectivity index (χ0v) is 10.0. The summed E-state index contributed by atoms with van der Waals surface area (Å²) in [6.07, 6.45) is -1.71. The molecule has 1 rings (SSSR count). The molecule has 0 saturated carbocycles. The first-order chi connectivity index (χ1) is 8.27. The van der Waals surface area contributed by atoms with E-state index in [4.69, 9.17) is 10.9 Å². The third-order valence-electron chi connectivity index (χ3n) is 2.51. The SMILES string of the molecule is CC(C)c1nccn1CC(/C(N)=N/O)C(F)(F)F. The fourth-order valence-electron chi connectivity index (χ4n) is 1.61. The van der Waals surface area contributed by atoms with Crippen LogP contribution in [0.5, 0.6) is 0 Å². The van der Waals surface area contributed by atoms with E-state index in [0.717, 1.165) is 0 Å². The first-order valence-corrected chi connectivity index (χ1v) is 5.32. The summed E-state index contributed by atoms with van der Waals surface area (Å²) in [6.45, 7) is 3.20. The van der Waals surface area contributed by atoms with Crippen molar-refractivity contribution in [1.82, 2.24) is 9.55 Å². The Bertz CT molecular complexity index is 425. The Labute approximate surface area is 102 Å². The minimum absolute atomic E-state index is 0.0128. The summed E-state index contributed by atoms with van der Waals surface area (Å²) in [5.74, 6) is -2.38. The molecule has 8 heteroatoms. The summed E-state index contributed by atoms with van der Waals surface area (Å²) in [5.41, 5.74) is 5.09. The monoisotopic (exact) mass is 264 g/mol. The van der Waals surface area contributed by atoms with Crippen molar-refractivity contribution in [1.29, 1.82) is 0 Å². The molecule has 1 aromatic heterocycles. The zero-order valence-electron chi connectivity index (χ0n) is 10.0. The molecule has 0 radical (unpaired) electrons. The van der Waals surface area contributed by atoms with Gasteiger partial charge in [-0.25, -0.2) is 4.98 Å². The number of nitrogens with two attached hydrogens (primary N) is 1. The molecule has 5 nitrogen and oxygen atoms in total. The second-order valence-corrected chi connectivity index (χ2v) is 4.21. The fraction of sp³-hybridized carbons (Fsp3) is 0.600. The van der Waals surface area contributed by atoms with Crippen molar-refractivity contribution in [3.63, 3.8) is 0 Å². The fourth-order valence-corrected chi connectivity index (χ4v) is 1.61. The smallest absolute Gasteiger partial charge is 0.400 e. The first-order valence-electron chi connectivity index (χ1n) is 5.32. The molecule has 0 bridgehead atoms. The molecular weight excluding hydrogens is 249 g/mol. The highest BCUT2D eigenvalue weighted by Gasteiger charge is 2.43.